The van der Waals surface area contributed by atoms with E-state index < -0.39 is 28.8 Å². The minimum atomic E-state index is -1.65. The van der Waals surface area contributed by atoms with Gasteiger partial charge in [0, 0.05) is 37.6 Å². The molecule has 0 saturated heterocycles. The molecule has 0 aliphatic carbocycles. The lowest BCUT2D eigenvalue weighted by atomic mass is 9.89. The summed E-state index contributed by atoms with van der Waals surface area (Å²) in [6.07, 6.45) is 2.30. The number of benzene rings is 2. The molecule has 186 valence electrons. The van der Waals surface area contributed by atoms with Crippen LogP contribution in [0.2, 0.25) is 0 Å². The smallest absolute Gasteiger partial charge is 0.225 e. The lowest BCUT2D eigenvalue weighted by molar-refractivity contribution is -0.136. The predicted molar refractivity (Wildman–Crippen MR) is 121 cm³/mol. The molecule has 3 heterocycles. The molecule has 2 aromatic heterocycles. The maximum absolute atomic E-state index is 13.8. The van der Waals surface area contributed by atoms with Crippen LogP contribution in [0.3, 0.4) is 0 Å². The third kappa shape index (κ3) is 3.80. The molecule has 0 bridgehead atoms. The van der Waals surface area contributed by atoms with Crippen LogP contribution in [0.5, 0.6) is 11.5 Å². The number of carbonyl (C=O) groups is 1. The number of ether oxygens (including phenoxy) is 2. The predicted octanol–water partition coefficient (Wildman–Crippen LogP) is 4.99. The summed E-state index contributed by atoms with van der Waals surface area (Å²) in [4.78, 5) is 17.0. The molecule has 0 spiro atoms. The van der Waals surface area contributed by atoms with Gasteiger partial charge in [0.15, 0.2) is 46.5 Å². The van der Waals surface area contributed by atoms with Crippen LogP contribution < -0.4 is 9.47 Å². The van der Waals surface area contributed by atoms with Gasteiger partial charge in [0.25, 0.3) is 0 Å². The number of hydrogen-bond donors (Lipinski definition) is 0. The highest BCUT2D eigenvalue weighted by Crippen LogP contribution is 2.40. The first-order valence-corrected chi connectivity index (χ1v) is 11.1. The molecule has 0 radical (unpaired) electrons. The van der Waals surface area contributed by atoms with E-state index in [9.17, 15) is 18.0 Å². The zero-order valence-corrected chi connectivity index (χ0v) is 19.6. The minimum Gasteiger partial charge on any atom is -0.496 e. The number of nitrogens with zero attached hydrogens (tertiary/aromatic N) is 4. The Hall–Kier alpha value is -4.15. The Morgan fingerprint density at radius 2 is 1.89 bits per heavy atom. The molecule has 1 aliphatic heterocycles. The molecule has 5 rings (SSSR count). The number of halogens is 3. The van der Waals surface area contributed by atoms with Gasteiger partial charge in [-0.1, -0.05) is 6.07 Å². The molecule has 0 fully saturated rings. The van der Waals surface area contributed by atoms with Crippen molar-refractivity contribution in [2.24, 2.45) is 0 Å². The number of rotatable bonds is 6. The van der Waals surface area contributed by atoms with Crippen molar-refractivity contribution in [2.75, 3.05) is 7.11 Å². The first kappa shape index (κ1) is 23.6. The molecule has 8 nitrogen and oxygen atoms in total. The Kier molecular flexibility index (Phi) is 5.77. The van der Waals surface area contributed by atoms with E-state index in [1.54, 1.807) is 29.8 Å². The maximum atomic E-state index is 13.8. The quantitative estimate of drug-likeness (QED) is 0.346. The molecule has 1 atom stereocenters. The van der Waals surface area contributed by atoms with Crippen molar-refractivity contribution in [3.05, 3.63) is 65.7 Å². The van der Waals surface area contributed by atoms with Crippen LogP contribution in [0.15, 0.2) is 40.9 Å². The number of aromatic nitrogens is 4. The molecule has 0 amide bonds. The third-order valence-corrected chi connectivity index (χ3v) is 6.19. The fourth-order valence-corrected chi connectivity index (χ4v) is 4.44. The highest BCUT2D eigenvalue weighted by molar-refractivity contribution is 5.86. The van der Waals surface area contributed by atoms with E-state index in [0.717, 1.165) is 0 Å². The van der Waals surface area contributed by atoms with E-state index in [2.05, 4.69) is 15.2 Å². The maximum Gasteiger partial charge on any atom is 0.225 e. The SMILES string of the molecule is COc1cc(-c2nnc3n2CCCC3(Oc2cc(F)c(F)c(F)c2)C(C)=O)ccc1-c1cnc(C)o1. The number of oxazole rings is 1. The summed E-state index contributed by atoms with van der Waals surface area (Å²) in [7, 11) is 1.53. The number of carbonyl (C=O) groups excluding carboxylic acids is 1. The molecular weight excluding hydrogens is 477 g/mol. The lowest BCUT2D eigenvalue weighted by Gasteiger charge is -2.35. The molecule has 11 heteroatoms. The second-order valence-electron chi connectivity index (χ2n) is 8.45. The zero-order chi connectivity index (χ0) is 25.6. The summed E-state index contributed by atoms with van der Waals surface area (Å²) in [6, 6.07) is 6.78. The number of methoxy groups -OCH3 is 1. The van der Waals surface area contributed by atoms with Crippen LogP contribution in [0.25, 0.3) is 22.7 Å². The average molecular weight is 498 g/mol. The van der Waals surface area contributed by atoms with Gasteiger partial charge in [0.1, 0.15) is 11.5 Å². The van der Waals surface area contributed by atoms with E-state index in [4.69, 9.17) is 13.9 Å². The second-order valence-corrected chi connectivity index (χ2v) is 8.45. The van der Waals surface area contributed by atoms with Crippen molar-refractivity contribution in [3.63, 3.8) is 0 Å². The summed E-state index contributed by atoms with van der Waals surface area (Å²) in [6.45, 7) is 3.52. The van der Waals surface area contributed by atoms with E-state index >= 15 is 0 Å². The molecular formula is C25H21F3N4O4. The fraction of sp³-hybridized carbons (Fsp3) is 0.280. The van der Waals surface area contributed by atoms with Crippen molar-refractivity contribution in [1.82, 2.24) is 19.7 Å². The Morgan fingerprint density at radius 3 is 2.53 bits per heavy atom. The van der Waals surface area contributed by atoms with Crippen LogP contribution in [-0.2, 0) is 16.9 Å². The van der Waals surface area contributed by atoms with Crippen molar-refractivity contribution in [2.45, 2.75) is 38.8 Å². The Bertz CT molecular complexity index is 1460. The van der Waals surface area contributed by atoms with Crippen molar-refractivity contribution in [1.29, 1.82) is 0 Å². The number of aryl methyl sites for hydroxylation is 1. The van der Waals surface area contributed by atoms with Crippen LogP contribution in [0.4, 0.5) is 13.2 Å². The van der Waals surface area contributed by atoms with Gasteiger partial charge in [-0.3, -0.25) is 4.79 Å². The van der Waals surface area contributed by atoms with Gasteiger partial charge in [-0.15, -0.1) is 10.2 Å². The van der Waals surface area contributed by atoms with Gasteiger partial charge < -0.3 is 18.5 Å². The largest absolute Gasteiger partial charge is 0.496 e. The number of fused-ring (bicyclic) bond motifs is 1. The van der Waals surface area contributed by atoms with Gasteiger partial charge in [-0.05, 0) is 25.5 Å². The van der Waals surface area contributed by atoms with E-state index in [0.29, 0.717) is 59.5 Å². The van der Waals surface area contributed by atoms with Gasteiger partial charge in [-0.25, -0.2) is 18.2 Å². The summed E-state index contributed by atoms with van der Waals surface area (Å²) in [5.74, 6) is -2.99. The Labute approximate surface area is 203 Å². The second kappa shape index (κ2) is 8.81. The van der Waals surface area contributed by atoms with Crippen LogP contribution >= 0.6 is 0 Å². The van der Waals surface area contributed by atoms with Crippen LogP contribution in [0.1, 0.15) is 31.5 Å². The Balaban J connectivity index is 1.57. The topological polar surface area (TPSA) is 92.3 Å². The third-order valence-electron chi connectivity index (χ3n) is 6.19. The minimum absolute atomic E-state index is 0.190. The average Bonchev–Trinajstić information content (AvgIpc) is 3.49. The molecule has 0 saturated carbocycles. The first-order chi connectivity index (χ1) is 17.2. The van der Waals surface area contributed by atoms with Crippen molar-refractivity contribution in [3.8, 4) is 34.2 Å². The highest BCUT2D eigenvalue weighted by Gasteiger charge is 2.47. The van der Waals surface area contributed by atoms with E-state index in [1.165, 1.54) is 14.0 Å². The summed E-state index contributed by atoms with van der Waals surface area (Å²) in [5.41, 5.74) is -0.299. The summed E-state index contributed by atoms with van der Waals surface area (Å²) < 4.78 is 59.9. The van der Waals surface area contributed by atoms with E-state index in [-0.39, 0.29) is 18.0 Å². The van der Waals surface area contributed by atoms with Gasteiger partial charge in [0.05, 0.1) is 18.9 Å². The first-order valence-electron chi connectivity index (χ1n) is 11.1. The lowest BCUT2D eigenvalue weighted by Crippen LogP contribution is -2.45. The molecule has 1 aliphatic rings. The molecule has 1 unspecified atom stereocenters. The fourth-order valence-electron chi connectivity index (χ4n) is 4.44. The standard InChI is InChI=1S/C25H21F3N4O4/c1-13(33)25(36-16-10-18(26)22(28)19(27)11-16)7-4-8-32-23(30-31-24(25)32)15-5-6-17(20(9-15)34-3)21-12-29-14(2)35-21/h5-6,9-12H,4,7-8H2,1-3H3. The van der Waals surface area contributed by atoms with E-state index in [1.807, 2.05) is 6.07 Å². The number of Topliss-reactive ketones (excluding diaryl/α,β-unsaturated/α-hetero) is 1. The van der Waals surface area contributed by atoms with Crippen LogP contribution in [-0.4, -0.2) is 32.6 Å². The molecule has 0 N–H and O–H groups in total. The summed E-state index contributed by atoms with van der Waals surface area (Å²) in [5, 5.41) is 8.54. The van der Waals surface area contributed by atoms with Crippen molar-refractivity contribution < 1.29 is 31.9 Å². The monoisotopic (exact) mass is 498 g/mol. The zero-order valence-electron chi connectivity index (χ0n) is 19.6. The number of ketones is 1. The van der Waals surface area contributed by atoms with Gasteiger partial charge >= 0.3 is 0 Å². The molecule has 2 aromatic carbocycles. The van der Waals surface area contributed by atoms with Crippen LogP contribution in [0, 0.1) is 24.4 Å². The van der Waals surface area contributed by atoms with Crippen molar-refractivity contribution >= 4 is 5.78 Å². The normalized spacial score (nSPS) is 17.1. The molecule has 36 heavy (non-hydrogen) atoms. The molecule has 4 aromatic rings. The summed E-state index contributed by atoms with van der Waals surface area (Å²) >= 11 is 0. The number of hydrogen-bond acceptors (Lipinski definition) is 7. The van der Waals surface area contributed by atoms with Gasteiger partial charge in [0.2, 0.25) is 5.60 Å². The highest BCUT2D eigenvalue weighted by atomic mass is 19.2. The Morgan fingerprint density at radius 1 is 1.14 bits per heavy atom. The van der Waals surface area contributed by atoms with Gasteiger partial charge in [-0.2, -0.15) is 0 Å².